The number of pyridine rings is 1. The van der Waals surface area contributed by atoms with Gasteiger partial charge in [-0.2, -0.15) is 5.26 Å². The molecule has 1 aromatic heterocycles. The van der Waals surface area contributed by atoms with E-state index in [9.17, 15) is 19.6 Å². The highest BCUT2D eigenvalue weighted by Gasteiger charge is 2.34. The summed E-state index contributed by atoms with van der Waals surface area (Å²) in [6.45, 7) is 8.32. The number of aromatic nitrogens is 1. The molecular weight excluding hydrogens is 524 g/mol. The summed E-state index contributed by atoms with van der Waals surface area (Å²) in [6.07, 6.45) is 5.49. The smallest absolute Gasteiger partial charge is 0.310 e. The van der Waals surface area contributed by atoms with Crippen LogP contribution < -0.4 is 10.5 Å². The number of piperidine rings is 1. The minimum Gasteiger partial charge on any atom is -0.466 e. The minimum absolute atomic E-state index is 0.0608. The summed E-state index contributed by atoms with van der Waals surface area (Å²) in [4.78, 5) is 43.5. The van der Waals surface area contributed by atoms with Crippen molar-refractivity contribution in [1.82, 2.24) is 9.47 Å². The molecule has 1 unspecified atom stereocenters. The van der Waals surface area contributed by atoms with Gasteiger partial charge in [0.2, 0.25) is 0 Å². The van der Waals surface area contributed by atoms with E-state index in [4.69, 9.17) is 21.7 Å². The second-order valence-electron chi connectivity index (χ2n) is 9.38. The molecule has 1 amide bonds. The Balaban J connectivity index is 2.15. The molecule has 1 atom stereocenters. The predicted octanol–water partition coefficient (Wildman–Crippen LogP) is 3.85. The second kappa shape index (κ2) is 13.9. The van der Waals surface area contributed by atoms with Crippen molar-refractivity contribution in [3.8, 4) is 6.07 Å². The quantitative estimate of drug-likeness (QED) is 0.173. The highest BCUT2D eigenvalue weighted by Crippen LogP contribution is 2.37. The number of nitrogens with zero attached hydrogens (tertiary/aromatic N) is 4. The van der Waals surface area contributed by atoms with Gasteiger partial charge in [0.1, 0.15) is 21.8 Å². The van der Waals surface area contributed by atoms with Crippen LogP contribution in [0.25, 0.3) is 6.08 Å². The molecule has 206 valence electrons. The first-order chi connectivity index (χ1) is 18.3. The molecule has 3 rings (SSSR count). The molecule has 2 aliphatic heterocycles. The van der Waals surface area contributed by atoms with Crippen molar-refractivity contribution in [1.29, 1.82) is 5.26 Å². The van der Waals surface area contributed by atoms with Gasteiger partial charge in [-0.25, -0.2) is 0 Å². The molecule has 1 aromatic rings. The van der Waals surface area contributed by atoms with Gasteiger partial charge in [-0.1, -0.05) is 37.3 Å². The summed E-state index contributed by atoms with van der Waals surface area (Å²) < 4.78 is 12.5. The number of hydrogen-bond acceptors (Lipinski definition) is 9. The number of unbranched alkanes of at least 4 members (excludes halogenated alkanes) is 1. The fourth-order valence-electron chi connectivity index (χ4n) is 4.82. The topological polar surface area (TPSA) is 105 Å². The summed E-state index contributed by atoms with van der Waals surface area (Å²) >= 11 is 6.71. The van der Waals surface area contributed by atoms with Crippen LogP contribution >= 0.6 is 24.0 Å². The van der Waals surface area contributed by atoms with Crippen molar-refractivity contribution in [2.24, 2.45) is 5.92 Å². The third-order valence-corrected chi connectivity index (χ3v) is 8.18. The van der Waals surface area contributed by atoms with Crippen LogP contribution in [0.5, 0.6) is 0 Å². The number of anilines is 1. The molecule has 38 heavy (non-hydrogen) atoms. The van der Waals surface area contributed by atoms with Crippen molar-refractivity contribution >= 4 is 52.1 Å². The average Bonchev–Trinajstić information content (AvgIpc) is 3.17. The Hall–Kier alpha value is -2.68. The Morgan fingerprint density at radius 1 is 1.26 bits per heavy atom. The van der Waals surface area contributed by atoms with Crippen LogP contribution in [0, 0.1) is 24.2 Å². The van der Waals surface area contributed by atoms with Gasteiger partial charge in [0.15, 0.2) is 0 Å². The van der Waals surface area contributed by atoms with E-state index in [1.165, 1.54) is 11.8 Å². The number of nitriles is 1. The van der Waals surface area contributed by atoms with E-state index in [0.29, 0.717) is 78.4 Å². The van der Waals surface area contributed by atoms with E-state index in [-0.39, 0.29) is 28.9 Å². The van der Waals surface area contributed by atoms with E-state index in [2.05, 4.69) is 6.07 Å². The number of amides is 1. The molecule has 0 aliphatic carbocycles. The van der Waals surface area contributed by atoms with Gasteiger partial charge < -0.3 is 14.4 Å². The van der Waals surface area contributed by atoms with E-state index >= 15 is 0 Å². The van der Waals surface area contributed by atoms with Gasteiger partial charge in [0.05, 0.1) is 17.4 Å². The summed E-state index contributed by atoms with van der Waals surface area (Å²) in [5.74, 6) is -0.127. The standard InChI is InChI=1S/C27H36N4O5S2/c1-5-7-12-30-23(29-11-8-10-19(17-29)26(34)36-6-2)20(18(3)21(16-28)24(30)32)15-22-25(33)31(27(37)38-22)13-9-14-35-4/h15,19H,5-14,17H2,1-4H3/b22-15+. The highest BCUT2D eigenvalue weighted by atomic mass is 32.2. The number of carbonyl (C=O) groups is 2. The number of hydrogen-bond donors (Lipinski definition) is 0. The lowest BCUT2D eigenvalue weighted by atomic mass is 9.96. The minimum atomic E-state index is -0.351. The Morgan fingerprint density at radius 2 is 2.03 bits per heavy atom. The van der Waals surface area contributed by atoms with E-state index in [1.807, 2.05) is 11.8 Å². The molecule has 0 aromatic carbocycles. The Morgan fingerprint density at radius 3 is 2.68 bits per heavy atom. The van der Waals surface area contributed by atoms with Crippen LogP contribution in [0.3, 0.4) is 0 Å². The number of thiocarbonyl (C=S) groups is 1. The van der Waals surface area contributed by atoms with Gasteiger partial charge in [-0.3, -0.25) is 23.9 Å². The molecule has 0 N–H and O–H groups in total. The van der Waals surface area contributed by atoms with Crippen molar-refractivity contribution < 1.29 is 19.1 Å². The van der Waals surface area contributed by atoms with Crippen molar-refractivity contribution in [3.05, 3.63) is 31.9 Å². The van der Waals surface area contributed by atoms with E-state index in [1.54, 1.807) is 36.5 Å². The van der Waals surface area contributed by atoms with Crippen LogP contribution in [0.1, 0.15) is 62.6 Å². The molecule has 9 nitrogen and oxygen atoms in total. The third kappa shape index (κ3) is 6.47. The lowest BCUT2D eigenvalue weighted by Gasteiger charge is -2.36. The first-order valence-electron chi connectivity index (χ1n) is 13.1. The number of methoxy groups -OCH3 is 1. The Kier molecular flexibility index (Phi) is 10.9. The number of thioether (sulfide) groups is 1. The van der Waals surface area contributed by atoms with Crippen molar-refractivity contribution in [2.75, 3.05) is 44.9 Å². The maximum atomic E-state index is 13.5. The fourth-order valence-corrected chi connectivity index (χ4v) is 6.11. The van der Waals surface area contributed by atoms with Crippen LogP contribution in [0.15, 0.2) is 9.70 Å². The SMILES string of the molecule is CCCCn1c(N2CCCC(C(=O)OCC)C2)c(/C=C2/SC(=S)N(CCCOC)C2=O)c(C)c(C#N)c1=O. The zero-order valence-electron chi connectivity index (χ0n) is 22.6. The Labute approximate surface area is 233 Å². The van der Waals surface area contributed by atoms with Gasteiger partial charge >= 0.3 is 5.97 Å². The Bertz CT molecular complexity index is 1200. The molecule has 2 aliphatic rings. The molecule has 0 bridgehead atoms. The molecule has 0 spiro atoms. The number of ether oxygens (including phenoxy) is 2. The molecule has 3 heterocycles. The van der Waals surface area contributed by atoms with Crippen LogP contribution in [-0.2, 0) is 25.6 Å². The summed E-state index contributed by atoms with van der Waals surface area (Å²) in [5.41, 5.74) is 0.865. The lowest BCUT2D eigenvalue weighted by Crippen LogP contribution is -2.43. The van der Waals surface area contributed by atoms with E-state index in [0.717, 1.165) is 19.3 Å². The van der Waals surface area contributed by atoms with E-state index < -0.39 is 0 Å². The first-order valence-corrected chi connectivity index (χ1v) is 14.3. The van der Waals surface area contributed by atoms with Crippen LogP contribution in [0.4, 0.5) is 5.82 Å². The maximum absolute atomic E-state index is 13.5. The largest absolute Gasteiger partial charge is 0.466 e. The van der Waals surface area contributed by atoms with Crippen LogP contribution in [0.2, 0.25) is 0 Å². The summed E-state index contributed by atoms with van der Waals surface area (Å²) in [6, 6.07) is 2.09. The lowest BCUT2D eigenvalue weighted by molar-refractivity contribution is -0.148. The predicted molar refractivity (Wildman–Crippen MR) is 153 cm³/mol. The zero-order valence-corrected chi connectivity index (χ0v) is 24.2. The second-order valence-corrected chi connectivity index (χ2v) is 11.1. The van der Waals surface area contributed by atoms with Gasteiger partial charge in [0.25, 0.3) is 11.5 Å². The maximum Gasteiger partial charge on any atom is 0.310 e. The summed E-state index contributed by atoms with van der Waals surface area (Å²) in [7, 11) is 1.61. The highest BCUT2D eigenvalue weighted by molar-refractivity contribution is 8.26. The fraction of sp³-hybridized carbons (Fsp3) is 0.593. The molecular formula is C27H36N4O5S2. The molecule has 11 heteroatoms. The number of carbonyl (C=O) groups excluding carboxylic acids is 2. The molecule has 2 fully saturated rings. The monoisotopic (exact) mass is 560 g/mol. The third-order valence-electron chi connectivity index (χ3n) is 6.80. The number of esters is 1. The van der Waals surface area contributed by atoms with Gasteiger partial charge in [-0.15, -0.1) is 0 Å². The first kappa shape index (κ1) is 29.9. The molecule has 2 saturated heterocycles. The zero-order chi connectivity index (χ0) is 27.8. The number of rotatable bonds is 11. The molecule has 0 saturated carbocycles. The average molecular weight is 561 g/mol. The summed E-state index contributed by atoms with van der Waals surface area (Å²) in [5, 5.41) is 9.89. The van der Waals surface area contributed by atoms with Gasteiger partial charge in [-0.05, 0) is 51.2 Å². The normalized spacial score (nSPS) is 18.8. The molecule has 0 radical (unpaired) electrons. The van der Waals surface area contributed by atoms with Crippen molar-refractivity contribution in [3.63, 3.8) is 0 Å². The van der Waals surface area contributed by atoms with Crippen LogP contribution in [-0.4, -0.2) is 65.6 Å². The van der Waals surface area contributed by atoms with Crippen molar-refractivity contribution in [2.45, 2.75) is 59.4 Å². The van der Waals surface area contributed by atoms with Gasteiger partial charge in [0, 0.05) is 45.5 Å².